The summed E-state index contributed by atoms with van der Waals surface area (Å²) >= 11 is 0. The van der Waals surface area contributed by atoms with Crippen LogP contribution in [0.25, 0.3) is 5.69 Å². The van der Waals surface area contributed by atoms with Gasteiger partial charge in [0.1, 0.15) is 0 Å². The van der Waals surface area contributed by atoms with Gasteiger partial charge in [-0.15, -0.1) is 0 Å². The normalized spacial score (nSPS) is 17.5. The minimum absolute atomic E-state index is 0.0637. The summed E-state index contributed by atoms with van der Waals surface area (Å²) in [6, 6.07) is 9.75. The molecule has 1 saturated carbocycles. The lowest BCUT2D eigenvalue weighted by Gasteiger charge is -2.34. The molecule has 2 aliphatic rings. The van der Waals surface area contributed by atoms with E-state index in [-0.39, 0.29) is 17.4 Å². The molecule has 5 nitrogen and oxygen atoms in total. The fourth-order valence-corrected chi connectivity index (χ4v) is 3.83. The van der Waals surface area contributed by atoms with Crippen LogP contribution in [-0.2, 0) is 24.3 Å². The van der Waals surface area contributed by atoms with Crippen LogP contribution in [0.3, 0.4) is 0 Å². The number of rotatable bonds is 3. The van der Waals surface area contributed by atoms with Crippen molar-refractivity contribution in [2.24, 2.45) is 5.92 Å². The zero-order valence-electron chi connectivity index (χ0n) is 14.1. The first kappa shape index (κ1) is 15.2. The van der Waals surface area contributed by atoms with Gasteiger partial charge in [-0.05, 0) is 38.3 Å². The number of para-hydroxylation sites is 1. The molecule has 2 heterocycles. The second-order valence-electron chi connectivity index (χ2n) is 6.73. The molecule has 0 atom stereocenters. The Balaban J connectivity index is 1.73. The number of nitrogens with zero attached hydrogens (tertiary/aromatic N) is 3. The van der Waals surface area contributed by atoms with E-state index in [9.17, 15) is 9.59 Å². The quantitative estimate of drug-likeness (QED) is 0.870. The van der Waals surface area contributed by atoms with E-state index >= 15 is 0 Å². The zero-order valence-corrected chi connectivity index (χ0v) is 14.1. The number of fused-ring (bicyclic) bond motifs is 1. The predicted molar refractivity (Wildman–Crippen MR) is 92.2 cm³/mol. The van der Waals surface area contributed by atoms with Gasteiger partial charge in [0.05, 0.1) is 17.9 Å². The Morgan fingerprint density at radius 3 is 2.58 bits per heavy atom. The second kappa shape index (κ2) is 5.96. The smallest absolute Gasteiger partial charge is 0.274 e. The lowest BCUT2D eigenvalue weighted by molar-refractivity contribution is -0.139. The van der Waals surface area contributed by atoms with Crippen LogP contribution in [0, 0.1) is 5.92 Å². The first-order chi connectivity index (χ1) is 11.7. The van der Waals surface area contributed by atoms with Gasteiger partial charge in [0.2, 0.25) is 5.91 Å². The van der Waals surface area contributed by atoms with Crippen LogP contribution in [-0.4, -0.2) is 26.7 Å². The predicted octanol–water partition coefficient (Wildman–Crippen LogP) is 2.34. The van der Waals surface area contributed by atoms with E-state index in [1.165, 1.54) is 6.42 Å². The Hall–Kier alpha value is -2.30. The van der Waals surface area contributed by atoms with Gasteiger partial charge in [-0.1, -0.05) is 24.6 Å². The van der Waals surface area contributed by atoms with E-state index in [4.69, 9.17) is 0 Å². The van der Waals surface area contributed by atoms with Gasteiger partial charge in [-0.25, -0.2) is 4.68 Å². The Labute approximate surface area is 141 Å². The number of hydrogen-bond acceptors (Lipinski definition) is 2. The molecule has 1 amide bonds. The summed E-state index contributed by atoms with van der Waals surface area (Å²) < 4.78 is 3.80. The molecular weight excluding hydrogens is 302 g/mol. The van der Waals surface area contributed by atoms with Crippen molar-refractivity contribution < 1.29 is 4.79 Å². The molecule has 1 aromatic heterocycles. The lowest BCUT2D eigenvalue weighted by Crippen LogP contribution is -2.42. The Morgan fingerprint density at radius 1 is 1.21 bits per heavy atom. The zero-order chi connectivity index (χ0) is 16.7. The van der Waals surface area contributed by atoms with E-state index in [1.807, 2.05) is 46.8 Å². The summed E-state index contributed by atoms with van der Waals surface area (Å²) in [4.78, 5) is 27.4. The van der Waals surface area contributed by atoms with Gasteiger partial charge >= 0.3 is 0 Å². The van der Waals surface area contributed by atoms with Crippen molar-refractivity contribution in [1.29, 1.82) is 0 Å². The molecule has 2 aromatic rings. The van der Waals surface area contributed by atoms with E-state index in [0.717, 1.165) is 29.8 Å². The van der Waals surface area contributed by atoms with Gasteiger partial charge in [-0.2, -0.15) is 0 Å². The number of hydrogen-bond donors (Lipinski definition) is 0. The van der Waals surface area contributed by atoms with Crippen molar-refractivity contribution in [2.75, 3.05) is 6.54 Å². The highest BCUT2D eigenvalue weighted by atomic mass is 16.2. The van der Waals surface area contributed by atoms with Gasteiger partial charge in [0, 0.05) is 24.6 Å². The first-order valence-corrected chi connectivity index (χ1v) is 8.88. The van der Waals surface area contributed by atoms with Crippen LogP contribution in [0.4, 0.5) is 0 Å². The summed E-state index contributed by atoms with van der Waals surface area (Å²) in [5.74, 6) is 0.485. The minimum Gasteiger partial charge on any atom is -0.336 e. The van der Waals surface area contributed by atoms with Crippen LogP contribution in [0.15, 0.2) is 35.1 Å². The summed E-state index contributed by atoms with van der Waals surface area (Å²) in [6.45, 7) is 3.99. The number of benzene rings is 1. The fraction of sp³-hybridized carbons (Fsp3) is 0.474. The standard InChI is InChI=1S/C19H23N3O2/c1-2-21-17-13-20(18(23)14-7-6-8-14)12-11-16(17)19(24)22(21)15-9-4-3-5-10-15/h3-5,9-10,14H,2,6-8,11-13H2,1H3. The molecule has 0 unspecified atom stereocenters. The first-order valence-electron chi connectivity index (χ1n) is 8.88. The maximum atomic E-state index is 12.9. The van der Waals surface area contributed by atoms with Gasteiger partial charge < -0.3 is 4.90 Å². The molecule has 0 spiro atoms. The maximum absolute atomic E-state index is 12.9. The third-order valence-corrected chi connectivity index (χ3v) is 5.39. The van der Waals surface area contributed by atoms with E-state index in [2.05, 4.69) is 0 Å². The van der Waals surface area contributed by atoms with Crippen molar-refractivity contribution >= 4 is 5.91 Å². The topological polar surface area (TPSA) is 47.2 Å². The molecule has 126 valence electrons. The van der Waals surface area contributed by atoms with E-state index < -0.39 is 0 Å². The monoisotopic (exact) mass is 325 g/mol. The Kier molecular flexibility index (Phi) is 3.79. The fourth-order valence-electron chi connectivity index (χ4n) is 3.83. The summed E-state index contributed by atoms with van der Waals surface area (Å²) in [5.41, 5.74) is 2.83. The van der Waals surface area contributed by atoms with Crippen LogP contribution in [0.2, 0.25) is 0 Å². The Morgan fingerprint density at radius 2 is 1.96 bits per heavy atom. The highest BCUT2D eigenvalue weighted by Crippen LogP contribution is 2.30. The van der Waals surface area contributed by atoms with Crippen LogP contribution in [0.5, 0.6) is 0 Å². The molecule has 4 rings (SSSR count). The molecule has 1 fully saturated rings. The summed E-state index contributed by atoms with van der Waals surface area (Å²) in [6.07, 6.45) is 3.87. The number of aromatic nitrogens is 2. The van der Waals surface area contributed by atoms with E-state index in [1.54, 1.807) is 4.68 Å². The number of carbonyl (C=O) groups excluding carboxylic acids is 1. The molecule has 5 heteroatoms. The second-order valence-corrected chi connectivity index (χ2v) is 6.73. The molecule has 24 heavy (non-hydrogen) atoms. The molecule has 1 aliphatic heterocycles. The third kappa shape index (κ3) is 2.30. The number of carbonyl (C=O) groups is 1. The summed E-state index contributed by atoms with van der Waals surface area (Å²) in [5, 5.41) is 0. The molecule has 1 aromatic carbocycles. The SMILES string of the molecule is CCn1c2c(c(=O)n1-c1ccccc1)CCN(C(=O)C1CCC1)C2. The molecule has 0 N–H and O–H groups in total. The highest BCUT2D eigenvalue weighted by molar-refractivity contribution is 5.79. The van der Waals surface area contributed by atoms with Gasteiger partial charge in [0.15, 0.2) is 0 Å². The minimum atomic E-state index is 0.0637. The lowest BCUT2D eigenvalue weighted by atomic mass is 9.84. The largest absolute Gasteiger partial charge is 0.336 e. The molecular formula is C19H23N3O2. The van der Waals surface area contributed by atoms with Crippen molar-refractivity contribution in [1.82, 2.24) is 14.3 Å². The van der Waals surface area contributed by atoms with Gasteiger partial charge in [-0.3, -0.25) is 14.3 Å². The van der Waals surface area contributed by atoms with Crippen LogP contribution >= 0.6 is 0 Å². The average molecular weight is 325 g/mol. The molecule has 0 saturated heterocycles. The van der Waals surface area contributed by atoms with Gasteiger partial charge in [0.25, 0.3) is 5.56 Å². The highest BCUT2D eigenvalue weighted by Gasteiger charge is 2.33. The summed E-state index contributed by atoms with van der Waals surface area (Å²) in [7, 11) is 0. The van der Waals surface area contributed by atoms with Crippen molar-refractivity contribution in [3.8, 4) is 5.69 Å². The van der Waals surface area contributed by atoms with Crippen molar-refractivity contribution in [3.63, 3.8) is 0 Å². The molecule has 1 aliphatic carbocycles. The van der Waals surface area contributed by atoms with Crippen LogP contribution in [0.1, 0.15) is 37.4 Å². The average Bonchev–Trinajstić information content (AvgIpc) is 2.85. The maximum Gasteiger partial charge on any atom is 0.274 e. The van der Waals surface area contributed by atoms with Crippen molar-refractivity contribution in [3.05, 3.63) is 51.9 Å². The van der Waals surface area contributed by atoms with Crippen molar-refractivity contribution in [2.45, 2.75) is 45.7 Å². The number of amides is 1. The van der Waals surface area contributed by atoms with Crippen LogP contribution < -0.4 is 5.56 Å². The molecule has 0 bridgehead atoms. The Bertz CT molecular complexity index is 815. The van der Waals surface area contributed by atoms with E-state index in [0.29, 0.717) is 26.1 Å². The third-order valence-electron chi connectivity index (χ3n) is 5.39. The molecule has 0 radical (unpaired) electrons.